The monoisotopic (exact) mass is 354 g/mol. The lowest BCUT2D eigenvalue weighted by molar-refractivity contribution is -0.137. The summed E-state index contributed by atoms with van der Waals surface area (Å²) in [4.78, 5) is 28.9. The molecule has 0 atom stereocenters. The number of benzene rings is 1. The summed E-state index contributed by atoms with van der Waals surface area (Å²) in [5, 5.41) is 1.38. The van der Waals surface area contributed by atoms with Crippen molar-refractivity contribution >= 4 is 40.7 Å². The van der Waals surface area contributed by atoms with Crippen molar-refractivity contribution in [3.8, 4) is 0 Å². The molecular weight excluding hydrogens is 337 g/mol. The van der Waals surface area contributed by atoms with Crippen LogP contribution < -0.4 is 4.90 Å². The first kappa shape index (κ1) is 16.6. The first-order chi connectivity index (χ1) is 11.0. The molecule has 2 amide bonds. The normalized spacial score (nSPS) is 19.7. The molecule has 0 spiro atoms. The smallest absolute Gasteiger partial charge is 0.233 e. The zero-order valence-corrected chi connectivity index (χ0v) is 14.2. The van der Waals surface area contributed by atoms with Crippen LogP contribution in [0.4, 0.5) is 5.69 Å². The molecular formula is C16H18Cl2N3O2. The average molecular weight is 355 g/mol. The number of imide groups is 1. The van der Waals surface area contributed by atoms with Gasteiger partial charge in [0.1, 0.15) is 0 Å². The largest absolute Gasteiger partial charge is 0.368 e. The first-order valence-electron chi connectivity index (χ1n) is 7.64. The molecule has 1 radical (unpaired) electrons. The molecule has 5 nitrogen and oxygen atoms in total. The molecule has 3 rings (SSSR count). The van der Waals surface area contributed by atoms with Crippen LogP contribution in [0.25, 0.3) is 0 Å². The van der Waals surface area contributed by atoms with Gasteiger partial charge in [-0.2, -0.15) is 0 Å². The third-order valence-corrected chi connectivity index (χ3v) is 4.83. The summed E-state index contributed by atoms with van der Waals surface area (Å²) in [6, 6.07) is 5.48. The molecule has 1 aromatic rings. The van der Waals surface area contributed by atoms with Crippen LogP contribution in [0.5, 0.6) is 0 Å². The van der Waals surface area contributed by atoms with Crippen LogP contribution in [0, 0.1) is 6.42 Å². The predicted octanol–water partition coefficient (Wildman–Crippen LogP) is 2.08. The lowest BCUT2D eigenvalue weighted by Gasteiger charge is -2.37. The minimum atomic E-state index is -0.167. The SMILES string of the molecule is O=C1[CH]CC(=O)N1CCN1CCN(c2cc(Cl)ccc2Cl)CC1. The first-order valence-corrected chi connectivity index (χ1v) is 8.40. The number of carbonyl (C=O) groups is 2. The Hall–Kier alpha value is -1.30. The number of amides is 2. The highest BCUT2D eigenvalue weighted by atomic mass is 35.5. The summed E-state index contributed by atoms with van der Waals surface area (Å²) in [6.45, 7) is 4.59. The van der Waals surface area contributed by atoms with Gasteiger partial charge in [-0.3, -0.25) is 19.4 Å². The number of hydrogen-bond donors (Lipinski definition) is 0. The summed E-state index contributed by atoms with van der Waals surface area (Å²) in [5.74, 6) is -0.265. The van der Waals surface area contributed by atoms with E-state index in [1.807, 2.05) is 12.1 Å². The zero-order valence-electron chi connectivity index (χ0n) is 12.7. The number of likely N-dealkylation sites (tertiary alicyclic amines) is 1. The number of anilines is 1. The van der Waals surface area contributed by atoms with Gasteiger partial charge in [-0.1, -0.05) is 23.2 Å². The van der Waals surface area contributed by atoms with Crippen LogP contribution in [0.1, 0.15) is 6.42 Å². The van der Waals surface area contributed by atoms with Crippen LogP contribution in [0.15, 0.2) is 18.2 Å². The van der Waals surface area contributed by atoms with Crippen molar-refractivity contribution in [1.82, 2.24) is 9.80 Å². The number of piperazine rings is 1. The maximum atomic E-state index is 11.6. The molecule has 2 heterocycles. The van der Waals surface area contributed by atoms with Crippen molar-refractivity contribution < 1.29 is 9.59 Å². The molecule has 2 saturated heterocycles. The third kappa shape index (κ3) is 3.79. The molecule has 0 unspecified atom stereocenters. The van der Waals surface area contributed by atoms with Gasteiger partial charge >= 0.3 is 0 Å². The number of hydrogen-bond acceptors (Lipinski definition) is 4. The van der Waals surface area contributed by atoms with Crippen molar-refractivity contribution in [2.24, 2.45) is 0 Å². The minimum Gasteiger partial charge on any atom is -0.368 e. The fraction of sp³-hybridized carbons (Fsp3) is 0.438. The topological polar surface area (TPSA) is 43.9 Å². The fourth-order valence-electron chi connectivity index (χ4n) is 2.93. The molecule has 2 aliphatic heterocycles. The highest BCUT2D eigenvalue weighted by Gasteiger charge is 2.29. The van der Waals surface area contributed by atoms with Crippen molar-refractivity contribution in [3.05, 3.63) is 34.7 Å². The van der Waals surface area contributed by atoms with Crippen molar-refractivity contribution in [3.63, 3.8) is 0 Å². The molecule has 0 aliphatic carbocycles. The van der Waals surface area contributed by atoms with Crippen molar-refractivity contribution in [2.45, 2.75) is 6.42 Å². The van der Waals surface area contributed by atoms with Gasteiger partial charge in [0.25, 0.3) is 0 Å². The molecule has 23 heavy (non-hydrogen) atoms. The standard InChI is InChI=1S/C16H18Cl2N3O2/c17-12-1-2-13(18)14(11-12)20-8-5-19(6-9-20)7-10-21-15(22)3-4-16(21)23/h1-3,11H,4-10H2. The second-order valence-corrected chi connectivity index (χ2v) is 6.56. The van der Waals surface area contributed by atoms with Crippen LogP contribution in [0.3, 0.4) is 0 Å². The minimum absolute atomic E-state index is 0.0978. The maximum absolute atomic E-state index is 11.6. The van der Waals surface area contributed by atoms with Gasteiger partial charge in [0, 0.05) is 50.7 Å². The third-order valence-electron chi connectivity index (χ3n) is 4.28. The van der Waals surface area contributed by atoms with E-state index in [0.29, 0.717) is 23.1 Å². The highest BCUT2D eigenvalue weighted by molar-refractivity contribution is 6.35. The quantitative estimate of drug-likeness (QED) is 0.776. The second-order valence-electron chi connectivity index (χ2n) is 5.72. The summed E-state index contributed by atoms with van der Waals surface area (Å²) >= 11 is 12.3. The maximum Gasteiger partial charge on any atom is 0.233 e. The van der Waals surface area contributed by atoms with E-state index in [1.54, 1.807) is 6.07 Å². The van der Waals surface area contributed by atoms with Crippen LogP contribution in [-0.4, -0.2) is 60.9 Å². The van der Waals surface area contributed by atoms with Gasteiger partial charge in [0.15, 0.2) is 0 Å². The molecule has 0 N–H and O–H groups in total. The molecule has 1 aromatic carbocycles. The number of rotatable bonds is 4. The Morgan fingerprint density at radius 2 is 1.74 bits per heavy atom. The fourth-order valence-corrected chi connectivity index (χ4v) is 3.34. The summed E-state index contributed by atoms with van der Waals surface area (Å²) < 4.78 is 0. The molecule has 123 valence electrons. The lowest BCUT2D eigenvalue weighted by atomic mass is 10.2. The Balaban J connectivity index is 1.51. The Bertz CT molecular complexity index is 599. The molecule has 0 bridgehead atoms. The summed E-state index contributed by atoms with van der Waals surface area (Å²) in [5.41, 5.74) is 0.957. The van der Waals surface area contributed by atoms with Gasteiger partial charge in [-0.15, -0.1) is 0 Å². The van der Waals surface area contributed by atoms with Gasteiger partial charge < -0.3 is 4.90 Å². The van der Waals surface area contributed by atoms with E-state index in [0.717, 1.165) is 31.9 Å². The molecule has 0 aromatic heterocycles. The van der Waals surface area contributed by atoms with Gasteiger partial charge in [-0.05, 0) is 18.2 Å². The van der Waals surface area contributed by atoms with E-state index in [-0.39, 0.29) is 18.2 Å². The highest BCUT2D eigenvalue weighted by Crippen LogP contribution is 2.29. The van der Waals surface area contributed by atoms with Crippen LogP contribution >= 0.6 is 23.2 Å². The molecule has 2 aliphatic rings. The van der Waals surface area contributed by atoms with Crippen molar-refractivity contribution in [1.29, 1.82) is 0 Å². The van der Waals surface area contributed by atoms with E-state index in [2.05, 4.69) is 9.80 Å². The molecule has 2 fully saturated rings. The lowest BCUT2D eigenvalue weighted by Crippen LogP contribution is -2.49. The Kier molecular flexibility index (Phi) is 5.09. The summed E-state index contributed by atoms with van der Waals surface area (Å²) in [6.07, 6.45) is 1.68. The molecule has 0 saturated carbocycles. The number of carbonyl (C=O) groups excluding carboxylic acids is 2. The van der Waals surface area contributed by atoms with Gasteiger partial charge in [0.05, 0.1) is 17.1 Å². The number of halogens is 2. The predicted molar refractivity (Wildman–Crippen MR) is 90.8 cm³/mol. The van der Waals surface area contributed by atoms with E-state index in [9.17, 15) is 9.59 Å². The van der Waals surface area contributed by atoms with E-state index in [4.69, 9.17) is 23.2 Å². The van der Waals surface area contributed by atoms with E-state index < -0.39 is 0 Å². The molecule has 7 heteroatoms. The Morgan fingerprint density at radius 3 is 2.39 bits per heavy atom. The van der Waals surface area contributed by atoms with Gasteiger partial charge in [0.2, 0.25) is 11.8 Å². The van der Waals surface area contributed by atoms with Crippen molar-refractivity contribution in [2.75, 3.05) is 44.2 Å². The Morgan fingerprint density at radius 1 is 1.00 bits per heavy atom. The number of nitrogens with zero attached hydrogens (tertiary/aromatic N) is 3. The van der Waals surface area contributed by atoms with Gasteiger partial charge in [-0.25, -0.2) is 0 Å². The average Bonchev–Trinajstić information content (AvgIpc) is 2.87. The van der Waals surface area contributed by atoms with Crippen LogP contribution in [-0.2, 0) is 9.59 Å². The Labute approximate surface area is 145 Å². The van der Waals surface area contributed by atoms with Crippen LogP contribution in [0.2, 0.25) is 10.0 Å². The second kappa shape index (κ2) is 7.07. The van der Waals surface area contributed by atoms with E-state index in [1.165, 1.54) is 11.3 Å². The summed E-state index contributed by atoms with van der Waals surface area (Å²) in [7, 11) is 0. The van der Waals surface area contributed by atoms with E-state index >= 15 is 0 Å². The zero-order chi connectivity index (χ0) is 16.4.